The number of para-hydroxylation sites is 1. The zero-order valence-corrected chi connectivity index (χ0v) is 10.7. The molecule has 3 heteroatoms. The Morgan fingerprint density at radius 2 is 1.58 bits per heavy atom. The molecule has 19 heavy (non-hydrogen) atoms. The normalized spacial score (nSPS) is 21.0. The summed E-state index contributed by atoms with van der Waals surface area (Å²) in [6, 6.07) is 19.9. The van der Waals surface area contributed by atoms with Crippen molar-refractivity contribution in [1.82, 2.24) is 0 Å². The highest BCUT2D eigenvalue weighted by Gasteiger charge is 2.54. The van der Waals surface area contributed by atoms with E-state index in [9.17, 15) is 4.79 Å². The zero-order valence-electron chi connectivity index (χ0n) is 10.7. The molecule has 2 aromatic carbocycles. The Balaban J connectivity index is 1.93. The molecule has 1 saturated heterocycles. The van der Waals surface area contributed by atoms with Crippen LogP contribution in [0.4, 0.5) is 5.69 Å². The third-order valence-corrected chi connectivity index (χ3v) is 3.45. The van der Waals surface area contributed by atoms with Crippen LogP contribution in [-0.2, 0) is 9.53 Å². The Labute approximate surface area is 112 Å². The van der Waals surface area contributed by atoms with Crippen LogP contribution in [0.1, 0.15) is 11.6 Å². The van der Waals surface area contributed by atoms with Gasteiger partial charge in [0.1, 0.15) is 0 Å². The van der Waals surface area contributed by atoms with Gasteiger partial charge in [-0.15, -0.1) is 0 Å². The number of nitrogens with zero attached hydrogens (tertiary/aromatic N) is 1. The number of hydrogen-bond donors (Lipinski definition) is 0. The highest BCUT2D eigenvalue weighted by Crippen LogP contribution is 2.47. The second-order valence-electron chi connectivity index (χ2n) is 4.57. The minimum atomic E-state index is -0.213. The first-order valence-corrected chi connectivity index (χ1v) is 6.29. The number of methoxy groups -OCH3 is 1. The molecule has 96 valence electrons. The van der Waals surface area contributed by atoms with Crippen LogP contribution in [0, 0.1) is 0 Å². The third kappa shape index (κ3) is 2.08. The highest BCUT2D eigenvalue weighted by atomic mass is 16.5. The standard InChI is InChI=1S/C16H15NO2/c1-19-16(18)15-14(12-8-4-2-5-9-12)17(15)13-10-6-3-7-11-13/h2-11,14-15H,1H3. The lowest BCUT2D eigenvalue weighted by atomic mass is 10.1. The summed E-state index contributed by atoms with van der Waals surface area (Å²) in [6.07, 6.45) is 0. The molecule has 1 aliphatic rings. The van der Waals surface area contributed by atoms with Gasteiger partial charge in [-0.25, -0.2) is 4.79 Å². The fourth-order valence-corrected chi connectivity index (χ4v) is 2.51. The molecule has 0 aliphatic carbocycles. The molecular weight excluding hydrogens is 238 g/mol. The van der Waals surface area contributed by atoms with Crippen LogP contribution in [0.25, 0.3) is 0 Å². The molecule has 0 N–H and O–H groups in total. The number of benzene rings is 2. The quantitative estimate of drug-likeness (QED) is 0.622. The second kappa shape index (κ2) is 4.76. The van der Waals surface area contributed by atoms with Gasteiger partial charge in [-0.2, -0.15) is 0 Å². The summed E-state index contributed by atoms with van der Waals surface area (Å²) in [7, 11) is 1.44. The monoisotopic (exact) mass is 253 g/mol. The average molecular weight is 253 g/mol. The van der Waals surface area contributed by atoms with E-state index in [0.29, 0.717) is 0 Å². The third-order valence-electron chi connectivity index (χ3n) is 3.45. The molecule has 0 saturated carbocycles. The first-order chi connectivity index (χ1) is 9.33. The van der Waals surface area contributed by atoms with E-state index in [1.807, 2.05) is 60.7 Å². The second-order valence-corrected chi connectivity index (χ2v) is 4.57. The lowest BCUT2D eigenvalue weighted by Crippen LogP contribution is -2.13. The molecule has 2 aromatic rings. The summed E-state index contributed by atoms with van der Waals surface area (Å²) in [6.45, 7) is 0. The Morgan fingerprint density at radius 1 is 1.00 bits per heavy atom. The van der Waals surface area contributed by atoms with Gasteiger partial charge in [-0.1, -0.05) is 48.5 Å². The largest absolute Gasteiger partial charge is 0.467 e. The van der Waals surface area contributed by atoms with Crippen LogP contribution in [0.15, 0.2) is 60.7 Å². The fraction of sp³-hybridized carbons (Fsp3) is 0.188. The predicted octanol–water partition coefficient (Wildman–Crippen LogP) is 2.79. The molecule has 2 atom stereocenters. The van der Waals surface area contributed by atoms with Gasteiger partial charge in [0.15, 0.2) is 6.04 Å². The number of carbonyl (C=O) groups excluding carboxylic acids is 1. The minimum Gasteiger partial charge on any atom is -0.467 e. The van der Waals surface area contributed by atoms with Crippen LogP contribution < -0.4 is 4.90 Å². The first kappa shape index (κ1) is 11.8. The van der Waals surface area contributed by atoms with Gasteiger partial charge in [0.2, 0.25) is 0 Å². The SMILES string of the molecule is COC(=O)C1C(c2ccccc2)N1c1ccccc1. The van der Waals surface area contributed by atoms with Crippen molar-refractivity contribution < 1.29 is 9.53 Å². The van der Waals surface area contributed by atoms with E-state index in [2.05, 4.69) is 4.90 Å². The number of rotatable bonds is 3. The number of ether oxygens (including phenoxy) is 1. The van der Waals surface area contributed by atoms with Crippen molar-refractivity contribution in [3.05, 3.63) is 66.2 Å². The van der Waals surface area contributed by atoms with E-state index in [4.69, 9.17) is 4.74 Å². The van der Waals surface area contributed by atoms with Gasteiger partial charge in [0, 0.05) is 5.69 Å². The van der Waals surface area contributed by atoms with Crippen LogP contribution in [0.5, 0.6) is 0 Å². The van der Waals surface area contributed by atoms with Crippen molar-refractivity contribution in [3.63, 3.8) is 0 Å². The molecule has 3 rings (SSSR count). The first-order valence-electron chi connectivity index (χ1n) is 6.29. The van der Waals surface area contributed by atoms with E-state index in [-0.39, 0.29) is 18.1 Å². The van der Waals surface area contributed by atoms with Gasteiger partial charge in [-0.3, -0.25) is 0 Å². The molecule has 0 radical (unpaired) electrons. The molecule has 0 spiro atoms. The Kier molecular flexibility index (Phi) is 2.95. The van der Waals surface area contributed by atoms with Gasteiger partial charge >= 0.3 is 5.97 Å². The summed E-state index contributed by atoms with van der Waals surface area (Å²) in [4.78, 5) is 14.0. The van der Waals surface area contributed by atoms with Crippen LogP contribution in [-0.4, -0.2) is 19.1 Å². The molecule has 1 heterocycles. The minimum absolute atomic E-state index is 0.0797. The maximum Gasteiger partial charge on any atom is 0.331 e. The number of anilines is 1. The Hall–Kier alpha value is -2.29. The number of carbonyl (C=O) groups is 1. The lowest BCUT2D eigenvalue weighted by Gasteiger charge is -2.05. The number of esters is 1. The van der Waals surface area contributed by atoms with E-state index >= 15 is 0 Å². The maximum absolute atomic E-state index is 11.9. The van der Waals surface area contributed by atoms with Crippen molar-refractivity contribution in [1.29, 1.82) is 0 Å². The van der Waals surface area contributed by atoms with E-state index < -0.39 is 0 Å². The van der Waals surface area contributed by atoms with Crippen molar-refractivity contribution in [2.24, 2.45) is 0 Å². The molecular formula is C16H15NO2. The maximum atomic E-state index is 11.9. The van der Waals surface area contributed by atoms with E-state index in [1.54, 1.807) is 0 Å². The van der Waals surface area contributed by atoms with E-state index in [0.717, 1.165) is 11.3 Å². The average Bonchev–Trinajstić information content (AvgIpc) is 3.24. The highest BCUT2D eigenvalue weighted by molar-refractivity contribution is 5.88. The Morgan fingerprint density at radius 3 is 2.16 bits per heavy atom. The molecule has 0 amide bonds. The number of hydrogen-bond acceptors (Lipinski definition) is 3. The molecule has 2 unspecified atom stereocenters. The van der Waals surface area contributed by atoms with Crippen LogP contribution >= 0.6 is 0 Å². The summed E-state index contributed by atoms with van der Waals surface area (Å²) >= 11 is 0. The Bertz CT molecular complexity index is 522. The molecule has 1 aliphatic heterocycles. The predicted molar refractivity (Wildman–Crippen MR) is 73.9 cm³/mol. The van der Waals surface area contributed by atoms with Crippen molar-refractivity contribution >= 4 is 11.7 Å². The molecule has 0 aromatic heterocycles. The van der Waals surface area contributed by atoms with Gasteiger partial charge in [-0.05, 0) is 17.7 Å². The summed E-state index contributed by atoms with van der Waals surface area (Å²) in [5, 5.41) is 0. The lowest BCUT2D eigenvalue weighted by molar-refractivity contribution is -0.139. The molecule has 3 nitrogen and oxygen atoms in total. The van der Waals surface area contributed by atoms with Crippen molar-refractivity contribution in [3.8, 4) is 0 Å². The smallest absolute Gasteiger partial charge is 0.331 e. The summed E-state index contributed by atoms with van der Waals surface area (Å²) < 4.78 is 4.90. The molecule has 0 bridgehead atoms. The van der Waals surface area contributed by atoms with Crippen LogP contribution in [0.2, 0.25) is 0 Å². The van der Waals surface area contributed by atoms with Gasteiger partial charge in [0.05, 0.1) is 13.2 Å². The van der Waals surface area contributed by atoms with Gasteiger partial charge < -0.3 is 9.64 Å². The van der Waals surface area contributed by atoms with Crippen molar-refractivity contribution in [2.45, 2.75) is 12.1 Å². The van der Waals surface area contributed by atoms with Gasteiger partial charge in [0.25, 0.3) is 0 Å². The summed E-state index contributed by atoms with van der Waals surface area (Å²) in [5.41, 5.74) is 2.19. The molecule has 1 fully saturated rings. The van der Waals surface area contributed by atoms with Crippen molar-refractivity contribution in [2.75, 3.05) is 12.0 Å². The fourth-order valence-electron chi connectivity index (χ4n) is 2.51. The summed E-state index contributed by atoms with van der Waals surface area (Å²) in [5.74, 6) is -0.183. The topological polar surface area (TPSA) is 29.3 Å². The zero-order chi connectivity index (χ0) is 13.2. The van der Waals surface area contributed by atoms with Crippen LogP contribution in [0.3, 0.4) is 0 Å². The van der Waals surface area contributed by atoms with E-state index in [1.165, 1.54) is 7.11 Å².